The van der Waals surface area contributed by atoms with E-state index in [0.29, 0.717) is 24.9 Å². The molecule has 2 aliphatic carbocycles. The molecule has 21 heavy (non-hydrogen) atoms. The molecule has 4 heteroatoms. The Morgan fingerprint density at radius 2 is 1.81 bits per heavy atom. The summed E-state index contributed by atoms with van der Waals surface area (Å²) in [5.41, 5.74) is 6.38. The van der Waals surface area contributed by atoms with E-state index >= 15 is 0 Å². The number of hydrogen-bond donors (Lipinski definition) is 1. The van der Waals surface area contributed by atoms with Crippen molar-refractivity contribution in [2.24, 2.45) is 23.5 Å². The molecular formula is C17H23FN2O. The van der Waals surface area contributed by atoms with Crippen LogP contribution in [-0.4, -0.2) is 19.0 Å². The van der Waals surface area contributed by atoms with Crippen molar-refractivity contribution in [3.63, 3.8) is 0 Å². The number of nitrogens with two attached hydrogens (primary N) is 1. The Morgan fingerprint density at radius 1 is 1.19 bits per heavy atom. The minimum Gasteiger partial charge on any atom is -0.330 e. The van der Waals surface area contributed by atoms with Crippen molar-refractivity contribution in [1.29, 1.82) is 0 Å². The summed E-state index contributed by atoms with van der Waals surface area (Å²) < 4.78 is 13.1. The number of carbonyl (C=O) groups is 1. The van der Waals surface area contributed by atoms with E-state index < -0.39 is 0 Å². The molecule has 2 fully saturated rings. The molecule has 3 rings (SSSR count). The van der Waals surface area contributed by atoms with Gasteiger partial charge in [0.25, 0.3) is 0 Å². The molecule has 2 unspecified atom stereocenters. The Hall–Kier alpha value is -1.42. The van der Waals surface area contributed by atoms with Crippen LogP contribution < -0.4 is 10.6 Å². The average molecular weight is 290 g/mol. The van der Waals surface area contributed by atoms with Crippen molar-refractivity contribution in [3.05, 3.63) is 30.1 Å². The number of halogens is 1. The quantitative estimate of drug-likeness (QED) is 0.906. The van der Waals surface area contributed by atoms with Gasteiger partial charge in [-0.3, -0.25) is 4.79 Å². The van der Waals surface area contributed by atoms with E-state index in [-0.39, 0.29) is 17.6 Å². The van der Waals surface area contributed by atoms with Gasteiger partial charge in [-0.15, -0.1) is 0 Å². The Morgan fingerprint density at radius 3 is 2.38 bits per heavy atom. The Balaban J connectivity index is 1.75. The maximum absolute atomic E-state index is 13.1. The van der Waals surface area contributed by atoms with E-state index in [1.54, 1.807) is 12.1 Å². The fourth-order valence-corrected chi connectivity index (χ4v) is 3.78. The molecule has 1 aromatic carbocycles. The third kappa shape index (κ3) is 2.95. The van der Waals surface area contributed by atoms with Gasteiger partial charge in [-0.1, -0.05) is 12.8 Å². The fourth-order valence-electron chi connectivity index (χ4n) is 3.78. The molecule has 2 atom stereocenters. The van der Waals surface area contributed by atoms with Gasteiger partial charge in [0.15, 0.2) is 0 Å². The number of carbonyl (C=O) groups excluding carboxylic acids is 1. The Labute approximate surface area is 125 Å². The second kappa shape index (κ2) is 6.14. The summed E-state index contributed by atoms with van der Waals surface area (Å²) in [5.74, 6) is 1.31. The third-order valence-corrected chi connectivity index (χ3v) is 4.93. The van der Waals surface area contributed by atoms with Crippen LogP contribution in [0.1, 0.15) is 32.1 Å². The lowest BCUT2D eigenvalue weighted by molar-refractivity contribution is -0.120. The van der Waals surface area contributed by atoms with E-state index in [0.717, 1.165) is 12.1 Å². The zero-order valence-electron chi connectivity index (χ0n) is 12.3. The first-order chi connectivity index (χ1) is 10.2. The highest BCUT2D eigenvalue weighted by Crippen LogP contribution is 2.56. The van der Waals surface area contributed by atoms with Gasteiger partial charge in [0.1, 0.15) is 5.82 Å². The van der Waals surface area contributed by atoms with Crippen molar-refractivity contribution in [2.75, 3.05) is 18.0 Å². The van der Waals surface area contributed by atoms with Gasteiger partial charge in [0.05, 0.1) is 0 Å². The lowest BCUT2D eigenvalue weighted by Gasteiger charge is -2.23. The van der Waals surface area contributed by atoms with Gasteiger partial charge in [-0.2, -0.15) is 0 Å². The molecule has 2 saturated carbocycles. The van der Waals surface area contributed by atoms with Crippen LogP contribution in [0.3, 0.4) is 0 Å². The second-order valence-corrected chi connectivity index (χ2v) is 6.25. The number of amides is 1. The monoisotopic (exact) mass is 290 g/mol. The first-order valence-electron chi connectivity index (χ1n) is 7.99. The van der Waals surface area contributed by atoms with Crippen molar-refractivity contribution in [2.45, 2.75) is 32.1 Å². The van der Waals surface area contributed by atoms with Crippen LogP contribution in [0.2, 0.25) is 0 Å². The zero-order valence-corrected chi connectivity index (χ0v) is 12.3. The number of benzene rings is 1. The Bertz CT molecular complexity index is 490. The van der Waals surface area contributed by atoms with E-state index in [2.05, 4.69) is 0 Å². The maximum atomic E-state index is 13.1. The molecule has 0 heterocycles. The fraction of sp³-hybridized carbons (Fsp3) is 0.588. The lowest BCUT2D eigenvalue weighted by atomic mass is 10.0. The van der Waals surface area contributed by atoms with Crippen molar-refractivity contribution < 1.29 is 9.18 Å². The van der Waals surface area contributed by atoms with Gasteiger partial charge < -0.3 is 10.6 Å². The van der Waals surface area contributed by atoms with Crippen molar-refractivity contribution >= 4 is 11.6 Å². The smallest absolute Gasteiger partial charge is 0.230 e. The number of anilines is 1. The molecular weight excluding hydrogens is 267 g/mol. The predicted octanol–water partition coefficient (Wildman–Crippen LogP) is 2.94. The van der Waals surface area contributed by atoms with Gasteiger partial charge in [-0.25, -0.2) is 4.39 Å². The van der Waals surface area contributed by atoms with Crippen LogP contribution >= 0.6 is 0 Å². The van der Waals surface area contributed by atoms with Gasteiger partial charge in [0.2, 0.25) is 5.91 Å². The van der Waals surface area contributed by atoms with Gasteiger partial charge >= 0.3 is 0 Å². The average Bonchev–Trinajstić information content (AvgIpc) is 3.23. The molecule has 3 nitrogen and oxygen atoms in total. The summed E-state index contributed by atoms with van der Waals surface area (Å²) in [6.07, 6.45) is 5.66. The van der Waals surface area contributed by atoms with Gasteiger partial charge in [-0.05, 0) is 61.9 Å². The normalized spacial score (nSPS) is 27.0. The number of fused-ring (bicyclic) bond motifs is 1. The largest absolute Gasteiger partial charge is 0.330 e. The lowest BCUT2D eigenvalue weighted by Crippen LogP contribution is -2.35. The standard InChI is InChI=1S/C17H23FN2O/c18-12-6-8-13(9-7-12)20(11-3-10-19)17(21)16-14-4-1-2-5-15(14)16/h6-9,14-16H,1-5,10-11,19H2. The van der Waals surface area contributed by atoms with E-state index in [1.165, 1.54) is 37.8 Å². The maximum Gasteiger partial charge on any atom is 0.230 e. The molecule has 0 bridgehead atoms. The first kappa shape index (κ1) is 14.5. The Kier molecular flexibility index (Phi) is 4.24. The summed E-state index contributed by atoms with van der Waals surface area (Å²) in [5, 5.41) is 0. The van der Waals surface area contributed by atoms with Crippen LogP contribution in [0, 0.1) is 23.6 Å². The number of rotatable bonds is 5. The van der Waals surface area contributed by atoms with Crippen LogP contribution in [-0.2, 0) is 4.79 Å². The van der Waals surface area contributed by atoms with Crippen molar-refractivity contribution in [1.82, 2.24) is 0 Å². The van der Waals surface area contributed by atoms with Crippen molar-refractivity contribution in [3.8, 4) is 0 Å². The SMILES string of the molecule is NCCCN(C(=O)C1C2CCCCC21)c1ccc(F)cc1. The minimum absolute atomic E-state index is 0.190. The second-order valence-electron chi connectivity index (χ2n) is 6.25. The zero-order chi connectivity index (χ0) is 14.8. The molecule has 1 amide bonds. The molecule has 0 spiro atoms. The van der Waals surface area contributed by atoms with E-state index in [1.807, 2.05) is 4.90 Å². The summed E-state index contributed by atoms with van der Waals surface area (Å²) in [6.45, 7) is 1.18. The molecule has 1 aromatic rings. The molecule has 0 radical (unpaired) electrons. The van der Waals surface area contributed by atoms with E-state index in [4.69, 9.17) is 5.73 Å². The molecule has 0 aliphatic heterocycles. The van der Waals surface area contributed by atoms with Crippen LogP contribution in [0.4, 0.5) is 10.1 Å². The van der Waals surface area contributed by atoms with Crippen LogP contribution in [0.5, 0.6) is 0 Å². The molecule has 0 aromatic heterocycles. The van der Waals surface area contributed by atoms with Crippen LogP contribution in [0.15, 0.2) is 24.3 Å². The van der Waals surface area contributed by atoms with Crippen LogP contribution in [0.25, 0.3) is 0 Å². The number of nitrogens with zero attached hydrogens (tertiary/aromatic N) is 1. The molecule has 0 saturated heterocycles. The highest BCUT2D eigenvalue weighted by molar-refractivity contribution is 5.97. The van der Waals surface area contributed by atoms with Gasteiger partial charge in [0, 0.05) is 18.2 Å². The summed E-state index contributed by atoms with van der Waals surface area (Å²) in [7, 11) is 0. The summed E-state index contributed by atoms with van der Waals surface area (Å²) in [6, 6.07) is 6.21. The minimum atomic E-state index is -0.273. The topological polar surface area (TPSA) is 46.3 Å². The summed E-state index contributed by atoms with van der Waals surface area (Å²) >= 11 is 0. The third-order valence-electron chi connectivity index (χ3n) is 4.93. The highest BCUT2D eigenvalue weighted by Gasteiger charge is 2.55. The van der Waals surface area contributed by atoms with E-state index in [9.17, 15) is 9.18 Å². The molecule has 114 valence electrons. The number of hydrogen-bond acceptors (Lipinski definition) is 2. The molecule has 2 N–H and O–H groups in total. The highest BCUT2D eigenvalue weighted by atomic mass is 19.1. The summed E-state index contributed by atoms with van der Waals surface area (Å²) in [4.78, 5) is 14.7. The predicted molar refractivity (Wildman–Crippen MR) is 81.4 cm³/mol. The molecule has 2 aliphatic rings. The first-order valence-corrected chi connectivity index (χ1v) is 7.99.